The summed E-state index contributed by atoms with van der Waals surface area (Å²) in [4.78, 5) is 0. The zero-order valence-corrected chi connectivity index (χ0v) is 12.1. The van der Waals surface area contributed by atoms with E-state index in [9.17, 15) is 0 Å². The van der Waals surface area contributed by atoms with Gasteiger partial charge in [0.1, 0.15) is 5.75 Å². The van der Waals surface area contributed by atoms with E-state index in [0.29, 0.717) is 5.92 Å². The minimum Gasteiger partial charge on any atom is -0.496 e. The lowest BCUT2D eigenvalue weighted by Crippen LogP contribution is -2.22. The van der Waals surface area contributed by atoms with Crippen molar-refractivity contribution in [1.82, 2.24) is 5.32 Å². The Morgan fingerprint density at radius 3 is 2.47 bits per heavy atom. The van der Waals surface area contributed by atoms with E-state index < -0.39 is 0 Å². The Hall–Kier alpha value is -1.54. The fourth-order valence-electron chi connectivity index (χ4n) is 2.34. The summed E-state index contributed by atoms with van der Waals surface area (Å²) in [6, 6.07) is 12.7. The largest absolute Gasteiger partial charge is 0.496 e. The van der Waals surface area contributed by atoms with Crippen LogP contribution in [0.3, 0.4) is 0 Å². The van der Waals surface area contributed by atoms with Crippen LogP contribution in [0.25, 0.3) is 10.8 Å². The van der Waals surface area contributed by atoms with Crippen LogP contribution in [0.1, 0.15) is 19.4 Å². The molecule has 19 heavy (non-hydrogen) atoms. The molecule has 0 spiro atoms. The summed E-state index contributed by atoms with van der Waals surface area (Å²) in [5.41, 5.74) is 1.38. The zero-order valence-electron chi connectivity index (χ0n) is 12.1. The van der Waals surface area contributed by atoms with E-state index in [4.69, 9.17) is 4.74 Å². The second kappa shape index (κ2) is 6.58. The predicted octanol–water partition coefficient (Wildman–Crippen LogP) is 3.64. The van der Waals surface area contributed by atoms with Crippen LogP contribution in [0.15, 0.2) is 36.4 Å². The monoisotopic (exact) mass is 257 g/mol. The molecule has 2 aromatic rings. The third-order valence-electron chi connectivity index (χ3n) is 3.32. The van der Waals surface area contributed by atoms with Gasteiger partial charge in [-0.15, -0.1) is 0 Å². The molecule has 0 fully saturated rings. The molecule has 0 atom stereocenters. The molecule has 2 aromatic carbocycles. The lowest BCUT2D eigenvalue weighted by molar-refractivity contribution is 0.419. The molecule has 0 saturated carbocycles. The van der Waals surface area contributed by atoms with Crippen LogP contribution in [0, 0.1) is 5.92 Å². The average Bonchev–Trinajstić information content (AvgIpc) is 2.43. The van der Waals surface area contributed by atoms with Gasteiger partial charge in [-0.1, -0.05) is 44.2 Å². The van der Waals surface area contributed by atoms with E-state index in [1.165, 1.54) is 16.3 Å². The highest BCUT2D eigenvalue weighted by Gasteiger charge is 2.05. The first-order chi connectivity index (χ1) is 9.22. The molecule has 2 rings (SSSR count). The van der Waals surface area contributed by atoms with E-state index in [1.807, 2.05) is 0 Å². The number of ether oxygens (including phenoxy) is 1. The van der Waals surface area contributed by atoms with Crippen LogP contribution in [-0.2, 0) is 6.42 Å². The first-order valence-corrected chi connectivity index (χ1v) is 6.97. The van der Waals surface area contributed by atoms with Gasteiger partial charge in [0.2, 0.25) is 0 Å². The SMILES string of the molecule is COc1ccc(CCNCC(C)C)c2ccccc12. The van der Waals surface area contributed by atoms with E-state index in [2.05, 4.69) is 55.6 Å². The molecular formula is C17H23NO. The number of hydrogen-bond acceptors (Lipinski definition) is 2. The van der Waals surface area contributed by atoms with Crippen molar-refractivity contribution < 1.29 is 4.74 Å². The molecule has 0 aliphatic heterocycles. The fraction of sp³-hybridized carbons (Fsp3) is 0.412. The molecule has 0 unspecified atom stereocenters. The maximum atomic E-state index is 5.42. The lowest BCUT2D eigenvalue weighted by Gasteiger charge is -2.11. The lowest BCUT2D eigenvalue weighted by atomic mass is 10.0. The summed E-state index contributed by atoms with van der Waals surface area (Å²) in [6.45, 7) is 6.56. The van der Waals surface area contributed by atoms with Gasteiger partial charge in [-0.05, 0) is 42.4 Å². The number of rotatable bonds is 6. The Balaban J connectivity index is 2.15. The molecule has 0 aliphatic carbocycles. The quantitative estimate of drug-likeness (QED) is 0.798. The molecule has 0 bridgehead atoms. The summed E-state index contributed by atoms with van der Waals surface area (Å²) in [5, 5.41) is 5.99. The molecule has 2 nitrogen and oxygen atoms in total. The topological polar surface area (TPSA) is 21.3 Å². The van der Waals surface area contributed by atoms with Gasteiger partial charge in [0.25, 0.3) is 0 Å². The zero-order chi connectivity index (χ0) is 13.7. The van der Waals surface area contributed by atoms with E-state index >= 15 is 0 Å². The summed E-state index contributed by atoms with van der Waals surface area (Å²) >= 11 is 0. The van der Waals surface area contributed by atoms with Gasteiger partial charge < -0.3 is 10.1 Å². The Morgan fingerprint density at radius 1 is 1.05 bits per heavy atom. The van der Waals surface area contributed by atoms with Crippen molar-refractivity contribution in [2.75, 3.05) is 20.2 Å². The van der Waals surface area contributed by atoms with Crippen molar-refractivity contribution in [3.63, 3.8) is 0 Å². The van der Waals surface area contributed by atoms with Crippen LogP contribution >= 0.6 is 0 Å². The predicted molar refractivity (Wildman–Crippen MR) is 81.9 cm³/mol. The normalized spacial score (nSPS) is 11.2. The molecule has 2 heteroatoms. The van der Waals surface area contributed by atoms with E-state index in [0.717, 1.165) is 25.3 Å². The molecule has 0 amide bonds. The smallest absolute Gasteiger partial charge is 0.126 e. The van der Waals surface area contributed by atoms with Crippen molar-refractivity contribution in [3.8, 4) is 5.75 Å². The summed E-state index contributed by atoms with van der Waals surface area (Å²) in [6.07, 6.45) is 1.05. The Morgan fingerprint density at radius 2 is 1.79 bits per heavy atom. The van der Waals surface area contributed by atoms with Gasteiger partial charge in [-0.25, -0.2) is 0 Å². The number of nitrogens with one attached hydrogen (secondary N) is 1. The first kappa shape index (κ1) is 13.9. The number of fused-ring (bicyclic) bond motifs is 1. The van der Waals surface area contributed by atoms with Crippen LogP contribution in [0.5, 0.6) is 5.75 Å². The third kappa shape index (κ3) is 3.48. The first-order valence-electron chi connectivity index (χ1n) is 6.97. The van der Waals surface area contributed by atoms with Crippen molar-refractivity contribution in [2.45, 2.75) is 20.3 Å². The van der Waals surface area contributed by atoms with E-state index in [-0.39, 0.29) is 0 Å². The molecule has 0 aromatic heterocycles. The molecule has 0 aliphatic rings. The van der Waals surface area contributed by atoms with Crippen molar-refractivity contribution in [3.05, 3.63) is 42.0 Å². The Labute approximate surface area is 115 Å². The van der Waals surface area contributed by atoms with Gasteiger partial charge in [0.05, 0.1) is 7.11 Å². The molecule has 1 N–H and O–H groups in total. The minimum atomic E-state index is 0.701. The summed E-state index contributed by atoms with van der Waals surface area (Å²) in [7, 11) is 1.73. The van der Waals surface area contributed by atoms with Gasteiger partial charge in [-0.3, -0.25) is 0 Å². The number of hydrogen-bond donors (Lipinski definition) is 1. The Kier molecular flexibility index (Phi) is 4.80. The maximum absolute atomic E-state index is 5.42. The molecule has 102 valence electrons. The van der Waals surface area contributed by atoms with Gasteiger partial charge >= 0.3 is 0 Å². The van der Waals surface area contributed by atoms with Crippen molar-refractivity contribution >= 4 is 10.8 Å². The second-order valence-electron chi connectivity index (χ2n) is 5.32. The highest BCUT2D eigenvalue weighted by Crippen LogP contribution is 2.28. The highest BCUT2D eigenvalue weighted by atomic mass is 16.5. The van der Waals surface area contributed by atoms with Crippen LogP contribution in [-0.4, -0.2) is 20.2 Å². The van der Waals surface area contributed by atoms with Crippen molar-refractivity contribution in [2.24, 2.45) is 5.92 Å². The van der Waals surface area contributed by atoms with Crippen molar-refractivity contribution in [1.29, 1.82) is 0 Å². The summed E-state index contributed by atoms with van der Waals surface area (Å²) in [5.74, 6) is 1.65. The number of benzene rings is 2. The van der Waals surface area contributed by atoms with Crippen LogP contribution in [0.2, 0.25) is 0 Å². The summed E-state index contributed by atoms with van der Waals surface area (Å²) < 4.78 is 5.42. The van der Waals surface area contributed by atoms with Crippen LogP contribution < -0.4 is 10.1 Å². The standard InChI is InChI=1S/C17H23NO/c1-13(2)12-18-11-10-14-8-9-17(19-3)16-7-5-4-6-15(14)16/h4-9,13,18H,10-12H2,1-3H3. The number of methoxy groups -OCH3 is 1. The fourth-order valence-corrected chi connectivity index (χ4v) is 2.34. The second-order valence-corrected chi connectivity index (χ2v) is 5.32. The average molecular weight is 257 g/mol. The maximum Gasteiger partial charge on any atom is 0.126 e. The molecule has 0 radical (unpaired) electrons. The van der Waals surface area contributed by atoms with Gasteiger partial charge in [0, 0.05) is 5.39 Å². The van der Waals surface area contributed by atoms with Crippen LogP contribution in [0.4, 0.5) is 0 Å². The van der Waals surface area contributed by atoms with Gasteiger partial charge in [0.15, 0.2) is 0 Å². The molecule has 0 saturated heterocycles. The third-order valence-corrected chi connectivity index (χ3v) is 3.32. The molecular weight excluding hydrogens is 234 g/mol. The van der Waals surface area contributed by atoms with Gasteiger partial charge in [-0.2, -0.15) is 0 Å². The Bertz CT molecular complexity index is 534. The highest BCUT2D eigenvalue weighted by molar-refractivity contribution is 5.91. The molecule has 0 heterocycles. The van der Waals surface area contributed by atoms with E-state index in [1.54, 1.807) is 7.11 Å². The minimum absolute atomic E-state index is 0.701.